The molecule has 0 saturated carbocycles. The Balaban J connectivity index is 2.12. The number of nitrogens with zero attached hydrogens (tertiary/aromatic N) is 2. The van der Waals surface area contributed by atoms with E-state index in [1.54, 1.807) is 12.4 Å². The van der Waals surface area contributed by atoms with Crippen molar-refractivity contribution < 1.29 is 4.74 Å². The Morgan fingerprint density at radius 1 is 1.33 bits per heavy atom. The highest BCUT2D eigenvalue weighted by Crippen LogP contribution is 2.13. The maximum atomic E-state index is 5.81. The molecule has 1 heterocycles. The third-order valence-electron chi connectivity index (χ3n) is 1.83. The first-order valence-corrected chi connectivity index (χ1v) is 5.50. The summed E-state index contributed by atoms with van der Waals surface area (Å²) in [6, 6.07) is 0. The zero-order valence-electron chi connectivity index (χ0n) is 8.87. The second kappa shape index (κ2) is 7.43. The van der Waals surface area contributed by atoms with Crippen LogP contribution in [-0.4, -0.2) is 29.7 Å². The smallest absolute Gasteiger partial charge is 0.171 e. The van der Waals surface area contributed by atoms with Crippen molar-refractivity contribution in [2.75, 3.05) is 25.1 Å². The van der Waals surface area contributed by atoms with Crippen LogP contribution >= 0.6 is 11.6 Å². The molecule has 1 aromatic heterocycles. The Morgan fingerprint density at radius 3 is 2.87 bits per heavy atom. The fraction of sp³-hybridized carbons (Fsp3) is 0.600. The molecule has 0 aromatic carbocycles. The molecule has 15 heavy (non-hydrogen) atoms. The zero-order valence-corrected chi connectivity index (χ0v) is 9.63. The van der Waals surface area contributed by atoms with Crippen LogP contribution in [-0.2, 0) is 4.74 Å². The average molecular weight is 230 g/mol. The van der Waals surface area contributed by atoms with Gasteiger partial charge in [0.1, 0.15) is 0 Å². The Hall–Kier alpha value is -0.870. The third kappa shape index (κ3) is 4.95. The summed E-state index contributed by atoms with van der Waals surface area (Å²) in [6.07, 6.45) is 5.42. The first kappa shape index (κ1) is 12.2. The van der Waals surface area contributed by atoms with Crippen LogP contribution < -0.4 is 5.32 Å². The van der Waals surface area contributed by atoms with Gasteiger partial charge in [-0.15, -0.1) is 0 Å². The Bertz CT molecular complexity index is 283. The van der Waals surface area contributed by atoms with Crippen LogP contribution in [0.15, 0.2) is 12.4 Å². The summed E-state index contributed by atoms with van der Waals surface area (Å²) in [4.78, 5) is 7.96. The summed E-state index contributed by atoms with van der Waals surface area (Å²) in [5, 5.41) is 3.45. The molecule has 0 fully saturated rings. The first-order valence-electron chi connectivity index (χ1n) is 5.12. The van der Waals surface area contributed by atoms with Gasteiger partial charge in [0.05, 0.1) is 6.61 Å². The van der Waals surface area contributed by atoms with Crippen molar-refractivity contribution in [3.63, 3.8) is 0 Å². The van der Waals surface area contributed by atoms with E-state index in [1.807, 2.05) is 0 Å². The summed E-state index contributed by atoms with van der Waals surface area (Å²) < 4.78 is 5.38. The van der Waals surface area contributed by atoms with Gasteiger partial charge in [-0.05, 0) is 6.42 Å². The quantitative estimate of drug-likeness (QED) is 0.730. The van der Waals surface area contributed by atoms with E-state index in [0.717, 1.165) is 19.4 Å². The summed E-state index contributed by atoms with van der Waals surface area (Å²) in [5.74, 6) is 0.609. The molecule has 0 aliphatic rings. The molecule has 0 bridgehead atoms. The van der Waals surface area contributed by atoms with Crippen molar-refractivity contribution in [3.05, 3.63) is 17.5 Å². The van der Waals surface area contributed by atoms with E-state index in [0.29, 0.717) is 24.1 Å². The molecule has 5 heteroatoms. The van der Waals surface area contributed by atoms with Crippen molar-refractivity contribution in [3.8, 4) is 0 Å². The van der Waals surface area contributed by atoms with Crippen LogP contribution in [0.4, 0.5) is 5.82 Å². The van der Waals surface area contributed by atoms with Gasteiger partial charge in [0.2, 0.25) is 0 Å². The van der Waals surface area contributed by atoms with Gasteiger partial charge in [-0.2, -0.15) is 0 Å². The first-order chi connectivity index (χ1) is 7.34. The van der Waals surface area contributed by atoms with Gasteiger partial charge in [0.25, 0.3) is 0 Å². The number of rotatable bonds is 7. The van der Waals surface area contributed by atoms with Crippen molar-refractivity contribution in [2.24, 2.45) is 0 Å². The molecular weight excluding hydrogens is 214 g/mol. The number of unbranched alkanes of at least 4 members (excludes halogenated alkanes) is 1. The maximum absolute atomic E-state index is 5.81. The molecule has 0 saturated heterocycles. The predicted molar refractivity (Wildman–Crippen MR) is 61.3 cm³/mol. The van der Waals surface area contributed by atoms with Gasteiger partial charge in [-0.25, -0.2) is 9.97 Å². The minimum atomic E-state index is 0.394. The Morgan fingerprint density at radius 2 is 2.13 bits per heavy atom. The van der Waals surface area contributed by atoms with E-state index < -0.39 is 0 Å². The fourth-order valence-electron chi connectivity index (χ4n) is 1.03. The Labute approximate surface area is 95.0 Å². The van der Waals surface area contributed by atoms with Gasteiger partial charge in [-0.3, -0.25) is 0 Å². The molecule has 1 rings (SSSR count). The topological polar surface area (TPSA) is 47.0 Å². The van der Waals surface area contributed by atoms with Crippen LogP contribution in [0.1, 0.15) is 19.8 Å². The average Bonchev–Trinajstić information content (AvgIpc) is 2.25. The van der Waals surface area contributed by atoms with E-state index in [9.17, 15) is 0 Å². The second-order valence-corrected chi connectivity index (χ2v) is 3.45. The highest BCUT2D eigenvalue weighted by molar-refractivity contribution is 6.31. The largest absolute Gasteiger partial charge is 0.380 e. The van der Waals surface area contributed by atoms with Crippen molar-refractivity contribution in [1.29, 1.82) is 0 Å². The van der Waals surface area contributed by atoms with Crippen molar-refractivity contribution in [1.82, 2.24) is 9.97 Å². The number of hydrogen-bond donors (Lipinski definition) is 1. The molecule has 0 amide bonds. The summed E-state index contributed by atoms with van der Waals surface area (Å²) in [6.45, 7) is 4.31. The lowest BCUT2D eigenvalue weighted by molar-refractivity contribution is 0.141. The molecule has 0 atom stereocenters. The SMILES string of the molecule is CCCCOCCNc1nccnc1Cl. The van der Waals surface area contributed by atoms with Crippen molar-refractivity contribution >= 4 is 17.4 Å². The van der Waals surface area contributed by atoms with E-state index in [1.165, 1.54) is 0 Å². The Kier molecular flexibility index (Phi) is 6.04. The van der Waals surface area contributed by atoms with E-state index >= 15 is 0 Å². The lowest BCUT2D eigenvalue weighted by atomic mass is 10.4. The molecule has 0 aliphatic heterocycles. The fourth-order valence-corrected chi connectivity index (χ4v) is 1.20. The molecule has 1 N–H and O–H groups in total. The molecule has 0 aliphatic carbocycles. The lowest BCUT2D eigenvalue weighted by Gasteiger charge is -2.06. The number of nitrogens with one attached hydrogen (secondary N) is 1. The molecule has 84 valence electrons. The molecular formula is C10H16ClN3O. The van der Waals surface area contributed by atoms with Gasteiger partial charge < -0.3 is 10.1 Å². The minimum Gasteiger partial charge on any atom is -0.380 e. The summed E-state index contributed by atoms with van der Waals surface area (Å²) >= 11 is 5.81. The molecule has 0 spiro atoms. The zero-order chi connectivity index (χ0) is 10.9. The van der Waals surface area contributed by atoms with Crippen LogP contribution in [0, 0.1) is 0 Å². The second-order valence-electron chi connectivity index (χ2n) is 3.09. The number of ether oxygens (including phenoxy) is 1. The van der Waals surface area contributed by atoms with Crippen LogP contribution in [0.2, 0.25) is 5.15 Å². The molecule has 1 aromatic rings. The summed E-state index contributed by atoms with van der Waals surface area (Å²) in [7, 11) is 0. The predicted octanol–water partition coefficient (Wildman–Crippen LogP) is 2.36. The van der Waals surface area contributed by atoms with Gasteiger partial charge in [-0.1, -0.05) is 24.9 Å². The molecule has 0 unspecified atom stereocenters. The standard InChI is InChI=1S/C10H16ClN3O/c1-2-3-7-15-8-6-14-10-9(11)12-4-5-13-10/h4-5H,2-3,6-8H2,1H3,(H,13,14). The normalized spacial score (nSPS) is 10.3. The van der Waals surface area contributed by atoms with Crippen LogP contribution in [0.5, 0.6) is 0 Å². The number of hydrogen-bond acceptors (Lipinski definition) is 4. The monoisotopic (exact) mass is 229 g/mol. The van der Waals surface area contributed by atoms with Gasteiger partial charge in [0, 0.05) is 25.5 Å². The van der Waals surface area contributed by atoms with Gasteiger partial charge >= 0.3 is 0 Å². The minimum absolute atomic E-state index is 0.394. The van der Waals surface area contributed by atoms with Gasteiger partial charge in [0.15, 0.2) is 11.0 Å². The van der Waals surface area contributed by atoms with Crippen LogP contribution in [0.25, 0.3) is 0 Å². The lowest BCUT2D eigenvalue weighted by Crippen LogP contribution is -2.11. The highest BCUT2D eigenvalue weighted by Gasteiger charge is 1.99. The number of anilines is 1. The third-order valence-corrected chi connectivity index (χ3v) is 2.11. The van der Waals surface area contributed by atoms with E-state index in [-0.39, 0.29) is 0 Å². The van der Waals surface area contributed by atoms with Crippen molar-refractivity contribution in [2.45, 2.75) is 19.8 Å². The maximum Gasteiger partial charge on any atom is 0.171 e. The number of halogens is 1. The van der Waals surface area contributed by atoms with E-state index in [2.05, 4.69) is 22.2 Å². The highest BCUT2D eigenvalue weighted by atomic mass is 35.5. The summed E-state index contributed by atoms with van der Waals surface area (Å²) in [5.41, 5.74) is 0. The molecule has 4 nitrogen and oxygen atoms in total. The van der Waals surface area contributed by atoms with E-state index in [4.69, 9.17) is 16.3 Å². The van der Waals surface area contributed by atoms with Crippen LogP contribution in [0.3, 0.4) is 0 Å². The molecule has 0 radical (unpaired) electrons. The number of aromatic nitrogens is 2.